The van der Waals surface area contributed by atoms with Crippen LogP contribution in [0.5, 0.6) is 0 Å². The molecule has 0 unspecified atom stereocenters. The highest BCUT2D eigenvalue weighted by Crippen LogP contribution is 2.29. The van der Waals surface area contributed by atoms with Crippen LogP contribution in [-0.4, -0.2) is 36.2 Å². The van der Waals surface area contributed by atoms with E-state index in [4.69, 9.17) is 11.6 Å². The number of hydrogen-bond acceptors (Lipinski definition) is 5. The molecule has 1 amide bonds. The van der Waals surface area contributed by atoms with Gasteiger partial charge >= 0.3 is 0 Å². The van der Waals surface area contributed by atoms with Crippen LogP contribution in [-0.2, 0) is 4.79 Å². The molecule has 164 valence electrons. The van der Waals surface area contributed by atoms with Gasteiger partial charge in [-0.05, 0) is 57.2 Å². The van der Waals surface area contributed by atoms with Crippen molar-refractivity contribution in [1.82, 2.24) is 24.5 Å². The van der Waals surface area contributed by atoms with Crippen LogP contribution in [0.1, 0.15) is 25.5 Å². The van der Waals surface area contributed by atoms with Gasteiger partial charge in [-0.2, -0.15) is 5.10 Å². The van der Waals surface area contributed by atoms with Crippen molar-refractivity contribution in [2.24, 2.45) is 0 Å². The van der Waals surface area contributed by atoms with Gasteiger partial charge in [0.15, 0.2) is 11.0 Å². The van der Waals surface area contributed by atoms with Crippen molar-refractivity contribution in [3.8, 4) is 17.1 Å². The molecule has 2 aromatic carbocycles. The zero-order valence-corrected chi connectivity index (χ0v) is 19.6. The van der Waals surface area contributed by atoms with E-state index in [0.717, 1.165) is 16.8 Å². The molecule has 2 heterocycles. The zero-order chi connectivity index (χ0) is 22.7. The second kappa shape index (κ2) is 9.58. The molecule has 0 spiro atoms. The third-order valence-electron chi connectivity index (χ3n) is 4.79. The van der Waals surface area contributed by atoms with Crippen LogP contribution >= 0.6 is 23.4 Å². The molecular weight excluding hydrogens is 444 g/mol. The summed E-state index contributed by atoms with van der Waals surface area (Å²) in [6.07, 6.45) is 1.68. The molecule has 0 radical (unpaired) electrons. The van der Waals surface area contributed by atoms with Gasteiger partial charge < -0.3 is 5.32 Å². The number of amides is 1. The highest BCUT2D eigenvalue weighted by atomic mass is 35.5. The van der Waals surface area contributed by atoms with Crippen LogP contribution in [0, 0.1) is 6.92 Å². The summed E-state index contributed by atoms with van der Waals surface area (Å²) in [4.78, 5) is 12.6. The van der Waals surface area contributed by atoms with Crippen molar-refractivity contribution in [2.75, 3.05) is 11.1 Å². The fourth-order valence-electron chi connectivity index (χ4n) is 3.21. The molecule has 2 aromatic heterocycles. The van der Waals surface area contributed by atoms with Crippen LogP contribution < -0.4 is 5.32 Å². The molecule has 7 nitrogen and oxygen atoms in total. The Morgan fingerprint density at radius 1 is 1.06 bits per heavy atom. The van der Waals surface area contributed by atoms with E-state index in [-0.39, 0.29) is 17.7 Å². The van der Waals surface area contributed by atoms with Crippen LogP contribution in [0.25, 0.3) is 17.1 Å². The standard InChI is InChI=1S/C23H23ClN6OS/c1-15(2)30-20(12-13-25-30)26-21(31)14-32-23-28-27-22(17-6-8-18(24)9-7-17)29(23)19-10-4-16(3)5-11-19/h4-13,15H,14H2,1-3H3,(H,26,31). The lowest BCUT2D eigenvalue weighted by molar-refractivity contribution is -0.113. The van der Waals surface area contributed by atoms with Crippen molar-refractivity contribution < 1.29 is 4.79 Å². The van der Waals surface area contributed by atoms with E-state index >= 15 is 0 Å². The number of nitrogens with zero attached hydrogens (tertiary/aromatic N) is 5. The Labute approximate surface area is 195 Å². The number of anilines is 1. The Hall–Kier alpha value is -3.10. The molecule has 1 N–H and O–H groups in total. The van der Waals surface area contributed by atoms with Crippen molar-refractivity contribution >= 4 is 35.1 Å². The summed E-state index contributed by atoms with van der Waals surface area (Å²) in [5.41, 5.74) is 2.97. The minimum atomic E-state index is -0.135. The second-order valence-corrected chi connectivity index (χ2v) is 8.95. The van der Waals surface area contributed by atoms with Gasteiger partial charge in [0.2, 0.25) is 5.91 Å². The summed E-state index contributed by atoms with van der Waals surface area (Å²) in [7, 11) is 0. The SMILES string of the molecule is Cc1ccc(-n2c(SCC(=O)Nc3ccnn3C(C)C)nnc2-c2ccc(Cl)cc2)cc1. The number of thioether (sulfide) groups is 1. The Bertz CT molecular complexity index is 1210. The first-order valence-corrected chi connectivity index (χ1v) is 11.5. The first-order valence-electron chi connectivity index (χ1n) is 10.2. The molecule has 0 saturated heterocycles. The van der Waals surface area contributed by atoms with Crippen molar-refractivity contribution in [3.63, 3.8) is 0 Å². The average Bonchev–Trinajstić information content (AvgIpc) is 3.40. The fourth-order valence-corrected chi connectivity index (χ4v) is 4.09. The number of benzene rings is 2. The van der Waals surface area contributed by atoms with Gasteiger partial charge in [-0.15, -0.1) is 10.2 Å². The van der Waals surface area contributed by atoms with Gasteiger partial charge in [0.05, 0.1) is 11.9 Å². The maximum absolute atomic E-state index is 12.6. The van der Waals surface area contributed by atoms with E-state index in [9.17, 15) is 4.79 Å². The van der Waals surface area contributed by atoms with Gasteiger partial charge in [0.1, 0.15) is 5.82 Å². The molecule has 0 bridgehead atoms. The maximum atomic E-state index is 12.6. The number of halogens is 1. The van der Waals surface area contributed by atoms with E-state index in [1.165, 1.54) is 11.8 Å². The topological polar surface area (TPSA) is 77.6 Å². The Morgan fingerprint density at radius 2 is 1.78 bits per heavy atom. The number of aromatic nitrogens is 5. The summed E-state index contributed by atoms with van der Waals surface area (Å²) in [5, 5.41) is 17.2. The quantitative estimate of drug-likeness (QED) is 0.369. The normalized spacial score (nSPS) is 11.2. The Kier molecular flexibility index (Phi) is 6.62. The molecule has 32 heavy (non-hydrogen) atoms. The number of nitrogens with one attached hydrogen (secondary N) is 1. The number of rotatable bonds is 7. The molecular formula is C23H23ClN6OS. The van der Waals surface area contributed by atoms with Crippen LogP contribution in [0.4, 0.5) is 5.82 Å². The number of carbonyl (C=O) groups is 1. The van der Waals surface area contributed by atoms with Crippen molar-refractivity contribution in [1.29, 1.82) is 0 Å². The molecule has 0 aliphatic carbocycles. The molecule has 9 heteroatoms. The third-order valence-corrected chi connectivity index (χ3v) is 5.97. The van der Waals surface area contributed by atoms with E-state index < -0.39 is 0 Å². The highest BCUT2D eigenvalue weighted by Gasteiger charge is 2.18. The van der Waals surface area contributed by atoms with Gasteiger partial charge in [-0.1, -0.05) is 41.1 Å². The number of hydrogen-bond donors (Lipinski definition) is 1. The van der Waals surface area contributed by atoms with Crippen molar-refractivity contribution in [2.45, 2.75) is 32.0 Å². The minimum Gasteiger partial charge on any atom is -0.310 e. The summed E-state index contributed by atoms with van der Waals surface area (Å²) in [5.74, 6) is 1.41. The molecule has 0 atom stereocenters. The number of carbonyl (C=O) groups excluding carboxylic acids is 1. The third kappa shape index (κ3) is 4.87. The maximum Gasteiger partial charge on any atom is 0.235 e. The summed E-state index contributed by atoms with van der Waals surface area (Å²) < 4.78 is 3.73. The van der Waals surface area contributed by atoms with Gasteiger partial charge in [-0.3, -0.25) is 9.36 Å². The molecule has 0 aliphatic rings. The lowest BCUT2D eigenvalue weighted by Crippen LogP contribution is -2.18. The second-order valence-electron chi connectivity index (χ2n) is 7.58. The Balaban J connectivity index is 1.59. The Morgan fingerprint density at radius 3 is 2.47 bits per heavy atom. The summed E-state index contributed by atoms with van der Waals surface area (Å²) >= 11 is 7.38. The van der Waals surface area contributed by atoms with Crippen LogP contribution in [0.2, 0.25) is 5.02 Å². The highest BCUT2D eigenvalue weighted by molar-refractivity contribution is 7.99. The lowest BCUT2D eigenvalue weighted by Gasteiger charge is -2.12. The minimum absolute atomic E-state index is 0.135. The fraction of sp³-hybridized carbons (Fsp3) is 0.217. The zero-order valence-electron chi connectivity index (χ0n) is 18.0. The molecule has 0 fully saturated rings. The molecule has 0 saturated carbocycles. The predicted molar refractivity (Wildman–Crippen MR) is 129 cm³/mol. The van der Waals surface area contributed by atoms with Crippen molar-refractivity contribution in [3.05, 3.63) is 71.4 Å². The van der Waals surface area contributed by atoms with Gasteiger partial charge in [0, 0.05) is 28.4 Å². The summed E-state index contributed by atoms with van der Waals surface area (Å²) in [6, 6.07) is 17.5. The van der Waals surface area contributed by atoms with E-state index in [1.54, 1.807) is 16.9 Å². The molecule has 4 rings (SSSR count). The van der Waals surface area contributed by atoms with Gasteiger partial charge in [-0.25, -0.2) is 4.68 Å². The van der Waals surface area contributed by atoms with Crippen LogP contribution in [0.15, 0.2) is 66.0 Å². The largest absolute Gasteiger partial charge is 0.310 e. The van der Waals surface area contributed by atoms with Gasteiger partial charge in [0.25, 0.3) is 0 Å². The summed E-state index contributed by atoms with van der Waals surface area (Å²) in [6.45, 7) is 6.07. The smallest absolute Gasteiger partial charge is 0.235 e. The van der Waals surface area contributed by atoms with Crippen LogP contribution in [0.3, 0.4) is 0 Å². The van der Waals surface area contributed by atoms with E-state index in [0.29, 0.717) is 21.8 Å². The molecule has 4 aromatic rings. The molecule has 0 aliphatic heterocycles. The van der Waals surface area contributed by atoms with E-state index in [1.807, 2.05) is 73.9 Å². The van der Waals surface area contributed by atoms with E-state index in [2.05, 4.69) is 20.6 Å². The lowest BCUT2D eigenvalue weighted by atomic mass is 10.2. The monoisotopic (exact) mass is 466 g/mol. The predicted octanol–water partition coefficient (Wildman–Crippen LogP) is 5.40. The first kappa shape index (κ1) is 22.1. The number of aryl methyl sites for hydroxylation is 1. The average molecular weight is 467 g/mol. The first-order chi connectivity index (χ1) is 15.4.